The molecule has 20 heavy (non-hydrogen) atoms. The standard InChI is InChI=1S/C16H26N2O2/c1-14-3-5-15(6-4-14)12-20-13-16(19)11-18-9-7-17(2)8-10-18/h3-6,16,19H,7-13H2,1-2H3. The first-order valence-electron chi connectivity index (χ1n) is 7.36. The molecular formula is C16H26N2O2. The van der Waals surface area contributed by atoms with E-state index in [-0.39, 0.29) is 0 Å². The second kappa shape index (κ2) is 7.74. The van der Waals surface area contributed by atoms with Crippen LogP contribution in [0.25, 0.3) is 0 Å². The molecule has 1 aromatic carbocycles. The maximum atomic E-state index is 10.0. The van der Waals surface area contributed by atoms with Gasteiger partial charge in [-0.05, 0) is 19.5 Å². The molecule has 1 atom stereocenters. The Morgan fingerprint density at radius 1 is 1.15 bits per heavy atom. The average molecular weight is 278 g/mol. The van der Waals surface area contributed by atoms with Gasteiger partial charge in [0.15, 0.2) is 0 Å². The maximum absolute atomic E-state index is 10.0. The van der Waals surface area contributed by atoms with Crippen LogP contribution in [0.1, 0.15) is 11.1 Å². The Morgan fingerprint density at radius 3 is 2.45 bits per heavy atom. The molecule has 4 nitrogen and oxygen atoms in total. The number of hydrogen-bond acceptors (Lipinski definition) is 4. The van der Waals surface area contributed by atoms with Crippen LogP contribution >= 0.6 is 0 Å². The van der Waals surface area contributed by atoms with Gasteiger partial charge in [-0.25, -0.2) is 0 Å². The van der Waals surface area contributed by atoms with Crippen molar-refractivity contribution in [1.82, 2.24) is 9.80 Å². The fourth-order valence-electron chi connectivity index (χ4n) is 2.38. The Labute approximate surface area is 122 Å². The zero-order valence-corrected chi connectivity index (χ0v) is 12.6. The quantitative estimate of drug-likeness (QED) is 0.846. The van der Waals surface area contributed by atoms with Crippen LogP contribution in [0.2, 0.25) is 0 Å². The van der Waals surface area contributed by atoms with Gasteiger partial charge in [0.2, 0.25) is 0 Å². The third kappa shape index (κ3) is 5.21. The van der Waals surface area contributed by atoms with Crippen LogP contribution in [0.4, 0.5) is 0 Å². The van der Waals surface area contributed by atoms with E-state index in [9.17, 15) is 5.11 Å². The number of aryl methyl sites for hydroxylation is 1. The van der Waals surface area contributed by atoms with E-state index >= 15 is 0 Å². The Morgan fingerprint density at radius 2 is 1.80 bits per heavy atom. The van der Waals surface area contributed by atoms with Gasteiger partial charge in [0, 0.05) is 32.7 Å². The largest absolute Gasteiger partial charge is 0.389 e. The van der Waals surface area contributed by atoms with Crippen molar-refractivity contribution in [2.75, 3.05) is 46.4 Å². The number of piperazine rings is 1. The normalized spacial score (nSPS) is 19.1. The molecule has 1 aliphatic heterocycles. The number of ether oxygens (including phenoxy) is 1. The molecule has 0 spiro atoms. The van der Waals surface area contributed by atoms with Crippen molar-refractivity contribution >= 4 is 0 Å². The lowest BCUT2D eigenvalue weighted by molar-refractivity contribution is 0.00296. The molecule has 4 heteroatoms. The Bertz CT molecular complexity index is 386. The van der Waals surface area contributed by atoms with Crippen molar-refractivity contribution in [1.29, 1.82) is 0 Å². The Kier molecular flexibility index (Phi) is 5.98. The topological polar surface area (TPSA) is 35.9 Å². The monoisotopic (exact) mass is 278 g/mol. The number of benzene rings is 1. The van der Waals surface area contributed by atoms with Gasteiger partial charge in [0.25, 0.3) is 0 Å². The Balaban J connectivity index is 1.62. The highest BCUT2D eigenvalue weighted by molar-refractivity contribution is 5.20. The second-order valence-corrected chi connectivity index (χ2v) is 5.76. The Hall–Kier alpha value is -0.940. The van der Waals surface area contributed by atoms with Gasteiger partial charge >= 0.3 is 0 Å². The molecule has 112 valence electrons. The number of likely N-dealkylation sites (N-methyl/N-ethyl adjacent to an activating group) is 1. The van der Waals surface area contributed by atoms with Crippen molar-refractivity contribution in [2.45, 2.75) is 19.6 Å². The van der Waals surface area contributed by atoms with Crippen LogP contribution in [0.5, 0.6) is 0 Å². The smallest absolute Gasteiger partial charge is 0.0900 e. The molecule has 1 aliphatic rings. The summed E-state index contributed by atoms with van der Waals surface area (Å²) in [6.07, 6.45) is -0.399. The van der Waals surface area contributed by atoms with Gasteiger partial charge in [0.1, 0.15) is 0 Å². The predicted octanol–water partition coefficient (Wildman–Crippen LogP) is 1.12. The summed E-state index contributed by atoms with van der Waals surface area (Å²) in [5.74, 6) is 0. The van der Waals surface area contributed by atoms with Crippen molar-refractivity contribution < 1.29 is 9.84 Å². The van der Waals surface area contributed by atoms with Crippen LogP contribution in [0.15, 0.2) is 24.3 Å². The molecule has 1 unspecified atom stereocenters. The van der Waals surface area contributed by atoms with Crippen LogP contribution in [0.3, 0.4) is 0 Å². The summed E-state index contributed by atoms with van der Waals surface area (Å²) in [5.41, 5.74) is 2.41. The minimum Gasteiger partial charge on any atom is -0.389 e. The van der Waals surface area contributed by atoms with Crippen molar-refractivity contribution in [3.05, 3.63) is 35.4 Å². The highest BCUT2D eigenvalue weighted by Crippen LogP contribution is 2.06. The molecule has 1 fully saturated rings. The summed E-state index contributed by atoms with van der Waals surface area (Å²) < 4.78 is 5.60. The summed E-state index contributed by atoms with van der Waals surface area (Å²) in [4.78, 5) is 4.62. The van der Waals surface area contributed by atoms with Crippen LogP contribution < -0.4 is 0 Å². The van der Waals surface area contributed by atoms with Crippen LogP contribution in [-0.4, -0.2) is 67.4 Å². The molecule has 1 aromatic rings. The first-order chi connectivity index (χ1) is 9.63. The molecule has 0 radical (unpaired) electrons. The first kappa shape index (κ1) is 15.4. The number of hydrogen-bond donors (Lipinski definition) is 1. The van der Waals surface area contributed by atoms with Gasteiger partial charge in [-0.1, -0.05) is 29.8 Å². The predicted molar refractivity (Wildman–Crippen MR) is 80.8 cm³/mol. The lowest BCUT2D eigenvalue weighted by atomic mass is 10.2. The van der Waals surface area contributed by atoms with Gasteiger partial charge in [-0.3, -0.25) is 4.90 Å². The summed E-state index contributed by atoms with van der Waals surface area (Å²) in [7, 11) is 2.14. The maximum Gasteiger partial charge on any atom is 0.0900 e. The molecule has 1 N–H and O–H groups in total. The number of aliphatic hydroxyl groups excluding tert-OH is 1. The fraction of sp³-hybridized carbons (Fsp3) is 0.625. The van der Waals surface area contributed by atoms with Gasteiger partial charge in [-0.15, -0.1) is 0 Å². The molecule has 0 saturated carbocycles. The first-order valence-corrected chi connectivity index (χ1v) is 7.36. The molecule has 0 amide bonds. The van der Waals surface area contributed by atoms with E-state index in [4.69, 9.17) is 4.74 Å². The lowest BCUT2D eigenvalue weighted by Crippen LogP contribution is -2.47. The van der Waals surface area contributed by atoms with E-state index < -0.39 is 6.10 Å². The third-order valence-electron chi connectivity index (χ3n) is 3.76. The minimum absolute atomic E-state index is 0.399. The molecule has 0 aromatic heterocycles. The number of aliphatic hydroxyl groups is 1. The van der Waals surface area contributed by atoms with Gasteiger partial charge < -0.3 is 14.7 Å². The van der Waals surface area contributed by atoms with Crippen molar-refractivity contribution in [3.8, 4) is 0 Å². The number of β-amino-alcohol motifs (C(OH)–C–C–N with tert-alkyl or cyclic N) is 1. The number of rotatable bonds is 6. The van der Waals surface area contributed by atoms with Crippen LogP contribution in [0, 0.1) is 6.92 Å². The lowest BCUT2D eigenvalue weighted by Gasteiger charge is -2.33. The molecule has 1 saturated heterocycles. The molecule has 0 bridgehead atoms. The fourth-order valence-corrected chi connectivity index (χ4v) is 2.38. The SMILES string of the molecule is Cc1ccc(COCC(O)CN2CCN(C)CC2)cc1. The van der Waals surface area contributed by atoms with E-state index in [1.54, 1.807) is 0 Å². The summed E-state index contributed by atoms with van der Waals surface area (Å²) in [6.45, 7) is 7.98. The van der Waals surface area contributed by atoms with Gasteiger partial charge in [0.05, 0.1) is 19.3 Å². The van der Waals surface area contributed by atoms with E-state index in [1.807, 2.05) is 0 Å². The van der Waals surface area contributed by atoms with Gasteiger partial charge in [-0.2, -0.15) is 0 Å². The van der Waals surface area contributed by atoms with E-state index in [0.717, 1.165) is 31.7 Å². The third-order valence-corrected chi connectivity index (χ3v) is 3.76. The molecule has 0 aliphatic carbocycles. The zero-order chi connectivity index (χ0) is 14.4. The van der Waals surface area contributed by atoms with Crippen molar-refractivity contribution in [2.24, 2.45) is 0 Å². The molecular weight excluding hydrogens is 252 g/mol. The highest BCUT2D eigenvalue weighted by atomic mass is 16.5. The summed E-state index contributed by atoms with van der Waals surface area (Å²) in [6, 6.07) is 8.31. The van der Waals surface area contributed by atoms with E-state index in [0.29, 0.717) is 19.8 Å². The summed E-state index contributed by atoms with van der Waals surface area (Å²) in [5, 5.41) is 10.0. The van der Waals surface area contributed by atoms with Crippen molar-refractivity contribution in [3.63, 3.8) is 0 Å². The second-order valence-electron chi connectivity index (χ2n) is 5.76. The summed E-state index contributed by atoms with van der Waals surface area (Å²) >= 11 is 0. The van der Waals surface area contributed by atoms with Crippen LogP contribution in [-0.2, 0) is 11.3 Å². The minimum atomic E-state index is -0.399. The zero-order valence-electron chi connectivity index (χ0n) is 12.6. The molecule has 2 rings (SSSR count). The number of nitrogens with zero attached hydrogens (tertiary/aromatic N) is 2. The van der Waals surface area contributed by atoms with E-state index in [1.165, 1.54) is 5.56 Å². The van der Waals surface area contributed by atoms with E-state index in [2.05, 4.69) is 48.0 Å². The average Bonchev–Trinajstić information content (AvgIpc) is 2.44. The highest BCUT2D eigenvalue weighted by Gasteiger charge is 2.16. The molecule has 1 heterocycles.